The molecule has 1 aliphatic rings. The average Bonchev–Trinajstić information content (AvgIpc) is 3.31. The molecule has 1 amide bonds. The van der Waals surface area contributed by atoms with E-state index in [0.29, 0.717) is 21.9 Å². The highest BCUT2D eigenvalue weighted by Crippen LogP contribution is 2.24. The molecule has 0 saturated carbocycles. The van der Waals surface area contributed by atoms with Gasteiger partial charge in [-0.2, -0.15) is 5.10 Å². The minimum atomic E-state index is -0.493. The van der Waals surface area contributed by atoms with Gasteiger partial charge in [0.1, 0.15) is 11.4 Å². The molecular weight excluding hydrogens is 369 g/mol. The molecule has 27 heavy (non-hydrogen) atoms. The highest BCUT2D eigenvalue weighted by molar-refractivity contribution is 6.31. The fourth-order valence-electron chi connectivity index (χ4n) is 3.16. The Morgan fingerprint density at radius 1 is 1.19 bits per heavy atom. The summed E-state index contributed by atoms with van der Waals surface area (Å²) in [5.74, 6) is -0.658. The lowest BCUT2D eigenvalue weighted by Crippen LogP contribution is -2.19. The monoisotopic (exact) mass is 385 g/mol. The molecule has 1 aliphatic heterocycles. The quantitative estimate of drug-likeness (QED) is 0.528. The molecule has 2 heterocycles. The number of rotatable bonds is 4. The number of halogens is 2. The van der Waals surface area contributed by atoms with Crippen LogP contribution in [0.5, 0.6) is 0 Å². The SMILES string of the molecule is O=C(N/N=C\c1ccc(N2CCCC2)c(F)c1)c1cc2cc(Cl)ccc2o1. The number of nitrogens with one attached hydrogen (secondary N) is 1. The number of hydrazone groups is 1. The molecule has 0 aliphatic carbocycles. The van der Waals surface area contributed by atoms with Crippen molar-refractivity contribution in [3.8, 4) is 0 Å². The average molecular weight is 386 g/mol. The second-order valence-electron chi connectivity index (χ2n) is 6.40. The molecular formula is C20H17ClFN3O2. The molecule has 4 rings (SSSR count). The maximum absolute atomic E-state index is 14.3. The summed E-state index contributed by atoms with van der Waals surface area (Å²) in [6, 6.07) is 11.6. The summed E-state index contributed by atoms with van der Waals surface area (Å²) in [7, 11) is 0. The summed E-state index contributed by atoms with van der Waals surface area (Å²) in [5.41, 5.74) is 4.11. The number of furan rings is 1. The van der Waals surface area contributed by atoms with Gasteiger partial charge in [-0.15, -0.1) is 0 Å². The topological polar surface area (TPSA) is 57.8 Å². The van der Waals surface area contributed by atoms with Crippen molar-refractivity contribution in [2.45, 2.75) is 12.8 Å². The van der Waals surface area contributed by atoms with Gasteiger partial charge in [-0.1, -0.05) is 17.7 Å². The van der Waals surface area contributed by atoms with Gasteiger partial charge >= 0.3 is 5.91 Å². The standard InChI is InChI=1S/C20H17ClFN3O2/c21-15-4-6-18-14(10-15)11-19(27-18)20(26)24-23-12-13-3-5-17(16(22)9-13)25-7-1-2-8-25/h3-6,9-12H,1-2,7-8H2,(H,24,26)/b23-12-. The Bertz CT molecular complexity index is 1030. The van der Waals surface area contributed by atoms with Crippen molar-refractivity contribution in [1.82, 2.24) is 5.43 Å². The smallest absolute Gasteiger partial charge is 0.307 e. The summed E-state index contributed by atoms with van der Waals surface area (Å²) in [6.07, 6.45) is 3.57. The number of anilines is 1. The van der Waals surface area contributed by atoms with E-state index in [1.165, 1.54) is 12.3 Å². The highest BCUT2D eigenvalue weighted by atomic mass is 35.5. The lowest BCUT2D eigenvalue weighted by Gasteiger charge is -2.18. The van der Waals surface area contributed by atoms with Gasteiger partial charge < -0.3 is 9.32 Å². The van der Waals surface area contributed by atoms with Crippen molar-refractivity contribution >= 4 is 40.4 Å². The molecule has 0 radical (unpaired) electrons. The van der Waals surface area contributed by atoms with E-state index >= 15 is 0 Å². The fourth-order valence-corrected chi connectivity index (χ4v) is 3.35. The molecule has 0 bridgehead atoms. The zero-order valence-corrected chi connectivity index (χ0v) is 15.2. The zero-order valence-electron chi connectivity index (χ0n) is 14.4. The molecule has 7 heteroatoms. The summed E-state index contributed by atoms with van der Waals surface area (Å²) in [5, 5.41) is 5.18. The summed E-state index contributed by atoms with van der Waals surface area (Å²) >= 11 is 5.92. The van der Waals surface area contributed by atoms with E-state index in [1.807, 2.05) is 4.90 Å². The molecule has 1 N–H and O–H groups in total. The summed E-state index contributed by atoms with van der Waals surface area (Å²) in [6.45, 7) is 1.76. The van der Waals surface area contributed by atoms with Gasteiger partial charge in [0.15, 0.2) is 5.76 Å². The van der Waals surface area contributed by atoms with Crippen LogP contribution < -0.4 is 10.3 Å². The summed E-state index contributed by atoms with van der Waals surface area (Å²) < 4.78 is 19.8. The number of hydrogen-bond donors (Lipinski definition) is 1. The lowest BCUT2D eigenvalue weighted by molar-refractivity contribution is 0.0929. The van der Waals surface area contributed by atoms with Crippen molar-refractivity contribution in [2.24, 2.45) is 5.10 Å². The molecule has 138 valence electrons. The molecule has 3 aromatic rings. The first-order valence-electron chi connectivity index (χ1n) is 8.67. The van der Waals surface area contributed by atoms with Crippen LogP contribution in [0.15, 0.2) is 52.0 Å². The third-order valence-electron chi connectivity index (χ3n) is 4.50. The maximum Gasteiger partial charge on any atom is 0.307 e. The Balaban J connectivity index is 1.43. The number of carbonyl (C=O) groups is 1. The number of nitrogens with zero attached hydrogens (tertiary/aromatic N) is 2. The first kappa shape index (κ1) is 17.5. The number of fused-ring (bicyclic) bond motifs is 1. The minimum Gasteiger partial charge on any atom is -0.451 e. The van der Waals surface area contributed by atoms with Crippen LogP contribution in [0.2, 0.25) is 5.02 Å². The van der Waals surface area contributed by atoms with Crippen LogP contribution in [0.1, 0.15) is 29.0 Å². The number of benzene rings is 2. The molecule has 1 aromatic heterocycles. The Hall–Kier alpha value is -2.86. The van der Waals surface area contributed by atoms with E-state index in [4.69, 9.17) is 16.0 Å². The molecule has 5 nitrogen and oxygen atoms in total. The van der Waals surface area contributed by atoms with Gasteiger partial charge in [0, 0.05) is 23.5 Å². The van der Waals surface area contributed by atoms with Crippen LogP contribution in [0.25, 0.3) is 11.0 Å². The van der Waals surface area contributed by atoms with Crippen LogP contribution in [0, 0.1) is 5.82 Å². The van der Waals surface area contributed by atoms with Gasteiger partial charge in [0.2, 0.25) is 0 Å². The first-order chi connectivity index (χ1) is 13.1. The predicted molar refractivity (Wildman–Crippen MR) is 104 cm³/mol. The van der Waals surface area contributed by atoms with Gasteiger partial charge in [-0.25, -0.2) is 9.82 Å². The molecule has 1 saturated heterocycles. The molecule has 1 fully saturated rings. The Kier molecular flexibility index (Phi) is 4.81. The van der Waals surface area contributed by atoms with Crippen molar-refractivity contribution in [3.05, 3.63) is 64.6 Å². The van der Waals surface area contributed by atoms with E-state index < -0.39 is 5.91 Å². The van der Waals surface area contributed by atoms with E-state index in [9.17, 15) is 9.18 Å². The third kappa shape index (κ3) is 3.80. The van der Waals surface area contributed by atoms with Crippen LogP contribution in [0.4, 0.5) is 10.1 Å². The highest BCUT2D eigenvalue weighted by Gasteiger charge is 2.16. The van der Waals surface area contributed by atoms with E-state index in [-0.39, 0.29) is 11.6 Å². The second kappa shape index (κ2) is 7.40. The zero-order chi connectivity index (χ0) is 18.8. The summed E-state index contributed by atoms with van der Waals surface area (Å²) in [4.78, 5) is 14.2. The molecule has 0 spiro atoms. The molecule has 0 unspecified atom stereocenters. The lowest BCUT2D eigenvalue weighted by atomic mass is 10.2. The minimum absolute atomic E-state index is 0.125. The van der Waals surface area contributed by atoms with E-state index in [1.54, 1.807) is 36.4 Å². The van der Waals surface area contributed by atoms with Gasteiger partial charge in [-0.3, -0.25) is 4.79 Å². The Morgan fingerprint density at radius 3 is 2.78 bits per heavy atom. The normalized spacial score (nSPS) is 14.4. The third-order valence-corrected chi connectivity index (χ3v) is 4.74. The maximum atomic E-state index is 14.3. The largest absolute Gasteiger partial charge is 0.451 e. The fraction of sp³-hybridized carbons (Fsp3) is 0.200. The van der Waals surface area contributed by atoms with Gasteiger partial charge in [0.25, 0.3) is 0 Å². The first-order valence-corrected chi connectivity index (χ1v) is 9.05. The van der Waals surface area contributed by atoms with Crippen LogP contribution in [-0.4, -0.2) is 25.2 Å². The van der Waals surface area contributed by atoms with Crippen LogP contribution >= 0.6 is 11.6 Å². The second-order valence-corrected chi connectivity index (χ2v) is 6.83. The van der Waals surface area contributed by atoms with Crippen LogP contribution in [-0.2, 0) is 0 Å². The molecule has 2 aromatic carbocycles. The van der Waals surface area contributed by atoms with Crippen molar-refractivity contribution in [1.29, 1.82) is 0 Å². The number of amides is 1. The van der Waals surface area contributed by atoms with E-state index in [0.717, 1.165) is 31.3 Å². The predicted octanol–water partition coefficient (Wildman–Crippen LogP) is 4.59. The van der Waals surface area contributed by atoms with Crippen molar-refractivity contribution in [2.75, 3.05) is 18.0 Å². The van der Waals surface area contributed by atoms with E-state index in [2.05, 4.69) is 10.5 Å². The van der Waals surface area contributed by atoms with Gasteiger partial charge in [0.05, 0.1) is 11.9 Å². The van der Waals surface area contributed by atoms with Crippen LogP contribution in [0.3, 0.4) is 0 Å². The number of carbonyl (C=O) groups excluding carboxylic acids is 1. The number of hydrogen-bond acceptors (Lipinski definition) is 4. The van der Waals surface area contributed by atoms with Crippen molar-refractivity contribution in [3.63, 3.8) is 0 Å². The van der Waals surface area contributed by atoms with Gasteiger partial charge in [-0.05, 0) is 54.8 Å². The Labute approximate surface area is 160 Å². The molecule has 0 atom stereocenters. The Morgan fingerprint density at radius 2 is 2.00 bits per heavy atom. The van der Waals surface area contributed by atoms with Crippen molar-refractivity contribution < 1.29 is 13.6 Å².